The first-order valence-corrected chi connectivity index (χ1v) is 6.77. The van der Waals surface area contributed by atoms with Crippen LogP contribution in [0.1, 0.15) is 41.5 Å². The van der Waals surface area contributed by atoms with Crippen LogP contribution in [-0.4, -0.2) is 33.4 Å². The fourth-order valence-electron chi connectivity index (χ4n) is 1.32. The second kappa shape index (κ2) is 6.59. The third-order valence-electron chi connectivity index (χ3n) is 1.94. The molecular formula is C14H22N4O4. The minimum absolute atomic E-state index is 0.0719. The number of rotatable bonds is 2. The Morgan fingerprint density at radius 1 is 0.818 bits per heavy atom. The Bertz CT molecular complexity index is 498. The zero-order chi connectivity index (χ0) is 17.0. The van der Waals surface area contributed by atoms with Crippen LogP contribution in [0.4, 0.5) is 21.2 Å². The van der Waals surface area contributed by atoms with Crippen LogP contribution in [0.5, 0.6) is 0 Å². The number of hydrogen-bond acceptors (Lipinski definition) is 6. The predicted octanol–water partition coefficient (Wildman–Crippen LogP) is 3.17. The molecule has 2 amide bonds. The van der Waals surface area contributed by atoms with Crippen molar-refractivity contribution in [3.05, 3.63) is 12.4 Å². The number of hydrogen-bond donors (Lipinski definition) is 2. The quantitative estimate of drug-likeness (QED) is 0.869. The van der Waals surface area contributed by atoms with E-state index < -0.39 is 23.4 Å². The van der Waals surface area contributed by atoms with Gasteiger partial charge in [0.1, 0.15) is 11.2 Å². The summed E-state index contributed by atoms with van der Waals surface area (Å²) in [5.74, 6) is 0.144. The number of carbonyl (C=O) groups excluding carboxylic acids is 2. The summed E-state index contributed by atoms with van der Waals surface area (Å²) >= 11 is 0. The summed E-state index contributed by atoms with van der Waals surface area (Å²) in [7, 11) is 0. The van der Waals surface area contributed by atoms with Crippen LogP contribution >= 0.6 is 0 Å². The molecule has 22 heavy (non-hydrogen) atoms. The molecule has 0 radical (unpaired) electrons. The number of ether oxygens (including phenoxy) is 2. The molecule has 1 aromatic heterocycles. The molecule has 0 aliphatic rings. The van der Waals surface area contributed by atoms with Crippen molar-refractivity contribution in [3.63, 3.8) is 0 Å². The van der Waals surface area contributed by atoms with Crippen molar-refractivity contribution >= 4 is 23.8 Å². The van der Waals surface area contributed by atoms with Gasteiger partial charge in [-0.3, -0.25) is 10.6 Å². The van der Waals surface area contributed by atoms with Crippen LogP contribution in [0.25, 0.3) is 0 Å². The summed E-state index contributed by atoms with van der Waals surface area (Å²) in [4.78, 5) is 31.4. The van der Waals surface area contributed by atoms with Crippen molar-refractivity contribution in [2.75, 3.05) is 10.6 Å². The van der Waals surface area contributed by atoms with Crippen LogP contribution in [-0.2, 0) is 9.47 Å². The third kappa shape index (κ3) is 6.87. The highest BCUT2D eigenvalue weighted by Crippen LogP contribution is 2.18. The molecule has 1 rings (SSSR count). The van der Waals surface area contributed by atoms with Gasteiger partial charge in [-0.2, -0.15) is 0 Å². The lowest BCUT2D eigenvalue weighted by atomic mass is 10.2. The molecule has 2 N–H and O–H groups in total. The van der Waals surface area contributed by atoms with E-state index in [0.717, 1.165) is 0 Å². The SMILES string of the molecule is CC(C)(C)OC(=O)Nc1nccnc1NC(=O)OC(C)(C)C. The molecule has 0 bridgehead atoms. The fourth-order valence-corrected chi connectivity index (χ4v) is 1.32. The number of nitrogens with zero attached hydrogens (tertiary/aromatic N) is 2. The van der Waals surface area contributed by atoms with Gasteiger partial charge in [0.2, 0.25) is 0 Å². The van der Waals surface area contributed by atoms with E-state index in [1.165, 1.54) is 12.4 Å². The molecule has 0 atom stereocenters. The number of carbonyl (C=O) groups is 2. The summed E-state index contributed by atoms with van der Waals surface area (Å²) in [5.41, 5.74) is -1.30. The topological polar surface area (TPSA) is 102 Å². The lowest BCUT2D eigenvalue weighted by molar-refractivity contribution is 0.0619. The lowest BCUT2D eigenvalue weighted by Gasteiger charge is -2.21. The monoisotopic (exact) mass is 310 g/mol. The number of nitrogens with one attached hydrogen (secondary N) is 2. The Morgan fingerprint density at radius 3 is 1.41 bits per heavy atom. The number of amides is 2. The molecule has 122 valence electrons. The summed E-state index contributed by atoms with van der Waals surface area (Å²) in [6, 6.07) is 0. The molecule has 0 spiro atoms. The van der Waals surface area contributed by atoms with Crippen LogP contribution in [0.3, 0.4) is 0 Å². The first-order chi connectivity index (χ1) is 9.96. The molecule has 8 heteroatoms. The molecule has 0 aliphatic carbocycles. The van der Waals surface area contributed by atoms with Crippen molar-refractivity contribution in [3.8, 4) is 0 Å². The maximum atomic E-state index is 11.7. The van der Waals surface area contributed by atoms with Gasteiger partial charge in [0.25, 0.3) is 0 Å². The van der Waals surface area contributed by atoms with Gasteiger partial charge in [0.05, 0.1) is 0 Å². The van der Waals surface area contributed by atoms with Gasteiger partial charge in [-0.05, 0) is 41.5 Å². The van der Waals surface area contributed by atoms with Crippen LogP contribution in [0.15, 0.2) is 12.4 Å². The van der Waals surface area contributed by atoms with Gasteiger partial charge in [-0.1, -0.05) is 0 Å². The molecule has 0 unspecified atom stereocenters. The Morgan fingerprint density at radius 2 is 1.14 bits per heavy atom. The molecule has 1 aromatic rings. The van der Waals surface area contributed by atoms with Gasteiger partial charge < -0.3 is 9.47 Å². The zero-order valence-corrected chi connectivity index (χ0v) is 13.7. The highest BCUT2D eigenvalue weighted by molar-refractivity contribution is 5.92. The minimum atomic E-state index is -0.694. The standard InChI is InChI=1S/C14H22N4O4/c1-13(2,3)21-11(19)17-9-10(16-8-7-15-9)18-12(20)22-14(4,5)6/h7-8H,1-6H3,(H,15,17,19)(H,16,18,20). The second-order valence-electron chi connectivity index (χ2n) is 6.51. The highest BCUT2D eigenvalue weighted by Gasteiger charge is 2.21. The van der Waals surface area contributed by atoms with E-state index in [0.29, 0.717) is 0 Å². The maximum absolute atomic E-state index is 11.7. The predicted molar refractivity (Wildman–Crippen MR) is 81.7 cm³/mol. The molecule has 0 aromatic carbocycles. The molecule has 0 aliphatic heterocycles. The maximum Gasteiger partial charge on any atom is 0.413 e. The van der Waals surface area contributed by atoms with Crippen molar-refractivity contribution in [2.24, 2.45) is 0 Å². The largest absolute Gasteiger partial charge is 0.444 e. The highest BCUT2D eigenvalue weighted by atomic mass is 16.6. The number of anilines is 2. The molecule has 0 saturated carbocycles. The van der Waals surface area contributed by atoms with E-state index in [4.69, 9.17) is 9.47 Å². The van der Waals surface area contributed by atoms with E-state index in [-0.39, 0.29) is 11.6 Å². The third-order valence-corrected chi connectivity index (χ3v) is 1.94. The second-order valence-corrected chi connectivity index (χ2v) is 6.51. The fraction of sp³-hybridized carbons (Fsp3) is 0.571. The Hall–Kier alpha value is -2.38. The van der Waals surface area contributed by atoms with E-state index in [9.17, 15) is 9.59 Å². The van der Waals surface area contributed by atoms with Crippen molar-refractivity contribution in [1.82, 2.24) is 9.97 Å². The Balaban J connectivity index is 2.78. The lowest BCUT2D eigenvalue weighted by Crippen LogP contribution is -2.29. The van der Waals surface area contributed by atoms with Crippen molar-refractivity contribution in [1.29, 1.82) is 0 Å². The van der Waals surface area contributed by atoms with Crippen LogP contribution < -0.4 is 10.6 Å². The average Bonchev–Trinajstić information content (AvgIpc) is 2.26. The smallest absolute Gasteiger partial charge is 0.413 e. The van der Waals surface area contributed by atoms with Crippen LogP contribution in [0.2, 0.25) is 0 Å². The van der Waals surface area contributed by atoms with Crippen molar-refractivity contribution in [2.45, 2.75) is 52.7 Å². The summed E-state index contributed by atoms with van der Waals surface area (Å²) < 4.78 is 10.2. The average molecular weight is 310 g/mol. The Labute approximate surface area is 129 Å². The first kappa shape index (κ1) is 17.7. The summed E-state index contributed by atoms with van der Waals surface area (Å²) in [5, 5.41) is 4.86. The normalized spacial score (nSPS) is 11.5. The Kier molecular flexibility index (Phi) is 5.29. The van der Waals surface area contributed by atoms with Gasteiger partial charge in [0, 0.05) is 12.4 Å². The van der Waals surface area contributed by atoms with Crippen molar-refractivity contribution < 1.29 is 19.1 Å². The molecule has 1 heterocycles. The van der Waals surface area contributed by atoms with E-state index in [2.05, 4.69) is 20.6 Å². The van der Waals surface area contributed by atoms with Gasteiger partial charge in [-0.25, -0.2) is 19.6 Å². The van der Waals surface area contributed by atoms with Gasteiger partial charge >= 0.3 is 12.2 Å². The van der Waals surface area contributed by atoms with Crippen LogP contribution in [0, 0.1) is 0 Å². The van der Waals surface area contributed by atoms with E-state index in [1.54, 1.807) is 41.5 Å². The molecule has 0 saturated heterocycles. The molecule has 8 nitrogen and oxygen atoms in total. The molecular weight excluding hydrogens is 288 g/mol. The number of aromatic nitrogens is 2. The minimum Gasteiger partial charge on any atom is -0.444 e. The zero-order valence-electron chi connectivity index (χ0n) is 13.7. The van der Waals surface area contributed by atoms with Gasteiger partial charge in [0.15, 0.2) is 11.6 Å². The molecule has 0 fully saturated rings. The van der Waals surface area contributed by atoms with E-state index in [1.807, 2.05) is 0 Å². The summed E-state index contributed by atoms with van der Waals surface area (Å²) in [6.45, 7) is 10.4. The summed E-state index contributed by atoms with van der Waals surface area (Å²) in [6.07, 6.45) is 1.38. The van der Waals surface area contributed by atoms with Gasteiger partial charge in [-0.15, -0.1) is 0 Å². The first-order valence-electron chi connectivity index (χ1n) is 6.77. The van der Waals surface area contributed by atoms with E-state index >= 15 is 0 Å².